The van der Waals surface area contributed by atoms with Gasteiger partial charge in [-0.1, -0.05) is 0 Å². The summed E-state index contributed by atoms with van der Waals surface area (Å²) in [6, 6.07) is 2.27. The first kappa shape index (κ1) is 18.0. The lowest BCUT2D eigenvalue weighted by Gasteiger charge is -2.26. The molecule has 0 spiro atoms. The fourth-order valence-corrected chi connectivity index (χ4v) is 2.77. The Labute approximate surface area is 156 Å². The lowest BCUT2D eigenvalue weighted by atomic mass is 9.93. The molecule has 8 N–H and O–H groups in total. The maximum Gasteiger partial charge on any atom is 0.279 e. The Balaban J connectivity index is 2.36. The average molecular weight is 381 g/mol. The molecule has 2 heterocycles. The first-order valence-corrected chi connectivity index (χ1v) is 7.47. The number of fused-ring (bicyclic) bond motifs is 1. The normalized spacial score (nSPS) is 14.6. The van der Waals surface area contributed by atoms with Crippen molar-refractivity contribution < 1.29 is 15.1 Å². The molecule has 28 heavy (non-hydrogen) atoms. The third-order valence-electron chi connectivity index (χ3n) is 3.97. The highest BCUT2D eigenvalue weighted by molar-refractivity contribution is 5.98. The van der Waals surface area contributed by atoms with Crippen molar-refractivity contribution in [1.29, 1.82) is 10.5 Å². The van der Waals surface area contributed by atoms with Crippen molar-refractivity contribution in [3.63, 3.8) is 0 Å². The van der Waals surface area contributed by atoms with Crippen molar-refractivity contribution in [3.8, 4) is 23.8 Å². The zero-order valence-corrected chi connectivity index (χ0v) is 13.8. The third kappa shape index (κ3) is 2.74. The van der Waals surface area contributed by atoms with Crippen LogP contribution in [0.2, 0.25) is 0 Å². The Kier molecular flexibility index (Phi) is 4.19. The molecule has 0 bridgehead atoms. The summed E-state index contributed by atoms with van der Waals surface area (Å²) >= 11 is 0. The molecule has 1 aliphatic rings. The van der Waals surface area contributed by atoms with E-state index in [9.17, 15) is 25.6 Å². The highest BCUT2D eigenvalue weighted by Crippen LogP contribution is 2.45. The molecule has 3 rings (SSSR count). The van der Waals surface area contributed by atoms with Crippen LogP contribution in [0.3, 0.4) is 0 Å². The Bertz CT molecular complexity index is 1130. The maximum absolute atomic E-state index is 11.5. The van der Waals surface area contributed by atoms with E-state index in [1.165, 1.54) is 0 Å². The lowest BCUT2D eigenvalue weighted by Crippen LogP contribution is -2.33. The van der Waals surface area contributed by atoms with E-state index in [2.05, 4.69) is 20.6 Å². The number of aromatic nitrogens is 1. The summed E-state index contributed by atoms with van der Waals surface area (Å²) < 4.78 is 0. The third-order valence-corrected chi connectivity index (χ3v) is 3.97. The Morgan fingerprint density at radius 2 is 1.96 bits per heavy atom. The number of guanidine groups is 1. The van der Waals surface area contributed by atoms with Crippen LogP contribution in [0.5, 0.6) is 11.5 Å². The summed E-state index contributed by atoms with van der Waals surface area (Å²) in [7, 11) is 0. The minimum Gasteiger partial charge on any atom is -0.504 e. The van der Waals surface area contributed by atoms with Crippen LogP contribution in [0.4, 0.5) is 23.0 Å². The van der Waals surface area contributed by atoms with Crippen LogP contribution >= 0.6 is 0 Å². The zero-order chi connectivity index (χ0) is 20.6. The van der Waals surface area contributed by atoms with Gasteiger partial charge in [0.2, 0.25) is 5.96 Å². The van der Waals surface area contributed by atoms with Crippen molar-refractivity contribution in [2.45, 2.75) is 6.04 Å². The van der Waals surface area contributed by atoms with E-state index in [1.807, 2.05) is 0 Å². The number of nitrogens with zero attached hydrogens (tertiary/aromatic N) is 5. The summed E-state index contributed by atoms with van der Waals surface area (Å²) in [6.45, 7) is 0. The fourth-order valence-electron chi connectivity index (χ4n) is 2.77. The number of phenols is 2. The maximum atomic E-state index is 11.5. The van der Waals surface area contributed by atoms with Crippen LogP contribution in [0.25, 0.3) is 0 Å². The SMILES string of the molecule is N#CNC1=NC(c2cc(O)c(O)cc2[N+](=O)[O-])c2c(nc(N)c(C#N)c2N)N1. The Morgan fingerprint density at radius 1 is 1.29 bits per heavy atom. The first-order valence-electron chi connectivity index (χ1n) is 7.47. The molecule has 1 aromatic heterocycles. The van der Waals surface area contributed by atoms with Crippen molar-refractivity contribution >= 4 is 29.0 Å². The number of benzene rings is 1. The molecule has 0 amide bonds. The number of nitrogen functional groups attached to an aromatic ring is 2. The second-order valence-electron chi connectivity index (χ2n) is 5.56. The number of phenolic OH excluding ortho intramolecular Hbond substituents is 2. The molecular formula is C15H11N9O4. The molecule has 1 unspecified atom stereocenters. The molecule has 0 saturated heterocycles. The van der Waals surface area contributed by atoms with Gasteiger partial charge in [0.05, 0.1) is 22.2 Å². The number of hydrogen-bond acceptors (Lipinski definition) is 12. The molecule has 140 valence electrons. The second kappa shape index (κ2) is 6.50. The number of rotatable bonds is 2. The molecule has 0 fully saturated rings. The second-order valence-corrected chi connectivity index (χ2v) is 5.56. The number of nitro benzene ring substituents is 1. The summed E-state index contributed by atoms with van der Waals surface area (Å²) in [5, 5.41) is 54.0. The number of pyridine rings is 1. The minimum atomic E-state index is -1.24. The molecule has 0 radical (unpaired) electrons. The molecule has 1 aromatic carbocycles. The molecule has 13 nitrogen and oxygen atoms in total. The predicted molar refractivity (Wildman–Crippen MR) is 95.9 cm³/mol. The zero-order valence-electron chi connectivity index (χ0n) is 13.8. The quantitative estimate of drug-likeness (QED) is 0.137. The van der Waals surface area contributed by atoms with Crippen LogP contribution in [0.1, 0.15) is 22.7 Å². The fraction of sp³-hybridized carbons (Fsp3) is 0.0667. The van der Waals surface area contributed by atoms with Crippen LogP contribution in [-0.2, 0) is 0 Å². The standard InChI is InChI=1S/C15H11N9O4/c16-3-6-11(18)10-12(5-1-8(25)9(26)2-7(5)24(27)28)21-15(20-4-17)23-14(10)22-13(6)19/h1-2,12,25-26H,(H6,18,19,20,21,22,23). The van der Waals surface area contributed by atoms with Crippen LogP contribution < -0.4 is 22.1 Å². The number of aliphatic imine (C=N–C) groups is 1. The van der Waals surface area contributed by atoms with Gasteiger partial charge >= 0.3 is 0 Å². The van der Waals surface area contributed by atoms with Crippen LogP contribution in [0.15, 0.2) is 17.1 Å². The summed E-state index contributed by atoms with van der Waals surface area (Å²) in [6.07, 6.45) is 1.64. The summed E-state index contributed by atoms with van der Waals surface area (Å²) in [5.74, 6) is -1.61. The highest BCUT2D eigenvalue weighted by atomic mass is 16.6. The Hall–Kier alpha value is -4.78. The van der Waals surface area contributed by atoms with Crippen molar-refractivity contribution in [1.82, 2.24) is 10.3 Å². The van der Waals surface area contributed by atoms with Crippen LogP contribution in [-0.4, -0.2) is 26.1 Å². The van der Waals surface area contributed by atoms with E-state index < -0.39 is 28.2 Å². The lowest BCUT2D eigenvalue weighted by molar-refractivity contribution is -0.385. The number of nitrogens with two attached hydrogens (primary N) is 2. The van der Waals surface area contributed by atoms with Gasteiger partial charge in [0.25, 0.3) is 5.69 Å². The monoisotopic (exact) mass is 381 g/mol. The van der Waals surface area contributed by atoms with Gasteiger partial charge in [-0.25, -0.2) is 9.98 Å². The number of nitrogens with one attached hydrogen (secondary N) is 2. The molecule has 0 aliphatic carbocycles. The van der Waals surface area contributed by atoms with Gasteiger partial charge in [0.15, 0.2) is 17.7 Å². The number of nitriles is 2. The number of aromatic hydroxyl groups is 2. The van der Waals surface area contributed by atoms with Gasteiger partial charge in [-0.3, -0.25) is 15.4 Å². The molecule has 1 aliphatic heterocycles. The van der Waals surface area contributed by atoms with E-state index in [0.29, 0.717) is 0 Å². The topological polar surface area (TPSA) is 233 Å². The number of anilines is 3. The van der Waals surface area contributed by atoms with Gasteiger partial charge in [0, 0.05) is 5.56 Å². The van der Waals surface area contributed by atoms with Crippen molar-refractivity contribution in [3.05, 3.63) is 38.9 Å². The van der Waals surface area contributed by atoms with Crippen molar-refractivity contribution in [2.75, 3.05) is 16.8 Å². The molecule has 13 heteroatoms. The molecule has 0 saturated carbocycles. The van der Waals surface area contributed by atoms with Gasteiger partial charge in [-0.05, 0) is 6.07 Å². The van der Waals surface area contributed by atoms with Crippen molar-refractivity contribution in [2.24, 2.45) is 4.99 Å². The largest absolute Gasteiger partial charge is 0.504 e. The van der Waals surface area contributed by atoms with Gasteiger partial charge in [-0.2, -0.15) is 10.5 Å². The van der Waals surface area contributed by atoms with Gasteiger partial charge in [-0.15, -0.1) is 0 Å². The number of hydrogen-bond donors (Lipinski definition) is 6. The van der Waals surface area contributed by atoms with E-state index in [0.717, 1.165) is 12.1 Å². The van der Waals surface area contributed by atoms with E-state index in [1.54, 1.807) is 12.3 Å². The minimum absolute atomic E-state index is 0.0219. The van der Waals surface area contributed by atoms with Gasteiger partial charge < -0.3 is 27.0 Å². The molecule has 2 aromatic rings. The summed E-state index contributed by atoms with van der Waals surface area (Å²) in [4.78, 5) is 18.9. The Morgan fingerprint density at radius 3 is 2.57 bits per heavy atom. The van der Waals surface area contributed by atoms with Gasteiger partial charge in [0.1, 0.15) is 29.3 Å². The highest BCUT2D eigenvalue weighted by Gasteiger charge is 2.34. The average Bonchev–Trinajstić information content (AvgIpc) is 2.63. The molecule has 1 atom stereocenters. The first-order chi connectivity index (χ1) is 13.3. The van der Waals surface area contributed by atoms with E-state index in [-0.39, 0.29) is 40.0 Å². The van der Waals surface area contributed by atoms with E-state index >= 15 is 0 Å². The predicted octanol–water partition coefficient (Wildman–Crippen LogP) is 0.379. The number of nitro groups is 1. The van der Waals surface area contributed by atoms with E-state index in [4.69, 9.17) is 16.7 Å². The summed E-state index contributed by atoms with van der Waals surface area (Å²) in [5.41, 5.74) is 10.9. The van der Waals surface area contributed by atoms with Crippen LogP contribution in [0, 0.1) is 32.9 Å². The smallest absolute Gasteiger partial charge is 0.279 e. The molecular weight excluding hydrogens is 370 g/mol.